The Morgan fingerprint density at radius 3 is 1.30 bits per heavy atom. The molecule has 0 aromatic heterocycles. The number of benzene rings is 2. The van der Waals surface area contributed by atoms with Gasteiger partial charge in [-0.2, -0.15) is 0 Å². The van der Waals surface area contributed by atoms with Crippen molar-refractivity contribution in [1.29, 1.82) is 0 Å². The summed E-state index contributed by atoms with van der Waals surface area (Å²) in [5, 5.41) is 4.93. The molecule has 0 atom stereocenters. The van der Waals surface area contributed by atoms with Crippen LogP contribution in [0.1, 0.15) is 82.2 Å². The minimum atomic E-state index is 0.998. The van der Waals surface area contributed by atoms with Crippen LogP contribution in [0.5, 0.6) is 0 Å². The van der Waals surface area contributed by atoms with E-state index in [0.717, 1.165) is 38.5 Å². The fourth-order valence-corrected chi connectivity index (χ4v) is 5.76. The average Bonchev–Trinajstić information content (AvgIpc) is 3.05. The second-order valence-corrected chi connectivity index (χ2v) is 11.1. The summed E-state index contributed by atoms with van der Waals surface area (Å²) in [4.78, 5) is 0. The largest absolute Gasteiger partial charge is 0.0991 e. The number of allylic oxidation sites excluding steroid dienone is 4. The predicted octanol–water partition coefficient (Wildman–Crippen LogP) is 12.9. The lowest BCUT2D eigenvalue weighted by atomic mass is 9.96. The summed E-state index contributed by atoms with van der Waals surface area (Å²) in [5.74, 6) is 0. The Kier molecular flexibility index (Phi) is 14.4. The molecule has 0 aliphatic carbocycles. The molecule has 0 saturated carbocycles. The molecule has 0 heteroatoms. The summed E-state index contributed by atoms with van der Waals surface area (Å²) in [5.41, 5.74) is 9.48. The van der Waals surface area contributed by atoms with Gasteiger partial charge in [-0.05, 0) is 117 Å². The van der Waals surface area contributed by atoms with Crippen molar-refractivity contribution in [3.63, 3.8) is 0 Å². The van der Waals surface area contributed by atoms with Crippen molar-refractivity contribution in [3.8, 4) is 0 Å². The fraction of sp³-hybridized carbons (Fsp3) is 0.273. The van der Waals surface area contributed by atoms with Crippen molar-refractivity contribution < 1.29 is 0 Å². The smallest absolute Gasteiger partial charge is 0.0172 e. The summed E-state index contributed by atoms with van der Waals surface area (Å²) in [6.07, 6.45) is 12.4. The Bertz CT molecular complexity index is 1680. The molecule has 3 aromatic carbocycles. The highest BCUT2D eigenvalue weighted by Gasteiger charge is 2.03. The minimum Gasteiger partial charge on any atom is -0.0991 e. The number of hydrogen-bond acceptors (Lipinski definition) is 0. The van der Waals surface area contributed by atoms with Gasteiger partial charge < -0.3 is 0 Å². The van der Waals surface area contributed by atoms with E-state index in [1.807, 2.05) is 6.08 Å². The maximum Gasteiger partial charge on any atom is -0.0172 e. The molecule has 44 heavy (non-hydrogen) atoms. The quantitative estimate of drug-likeness (QED) is 0.221. The maximum atomic E-state index is 3.92. The first-order valence-electron chi connectivity index (χ1n) is 16.6. The van der Waals surface area contributed by atoms with Crippen LogP contribution < -0.4 is 0 Å². The second kappa shape index (κ2) is 18.5. The Balaban J connectivity index is 2.33. The second-order valence-electron chi connectivity index (χ2n) is 11.1. The molecule has 0 aliphatic heterocycles. The zero-order valence-corrected chi connectivity index (χ0v) is 28.0. The minimum absolute atomic E-state index is 0.998. The van der Waals surface area contributed by atoms with E-state index in [-0.39, 0.29) is 0 Å². The molecular formula is C44H52. The third-order valence-corrected chi connectivity index (χ3v) is 8.32. The Labute approximate surface area is 267 Å². The van der Waals surface area contributed by atoms with Crippen LogP contribution in [0, 0.1) is 0 Å². The number of rotatable bonds is 9. The van der Waals surface area contributed by atoms with Crippen molar-refractivity contribution in [2.75, 3.05) is 0 Å². The highest BCUT2D eigenvalue weighted by atomic mass is 14.1. The molecule has 0 radical (unpaired) electrons. The zero-order chi connectivity index (χ0) is 31.7. The molecule has 0 saturated heterocycles. The first kappa shape index (κ1) is 34.3. The van der Waals surface area contributed by atoms with Crippen LogP contribution in [0.3, 0.4) is 0 Å². The van der Waals surface area contributed by atoms with Crippen LogP contribution in [-0.2, 0) is 25.7 Å². The van der Waals surface area contributed by atoms with Gasteiger partial charge in [0.05, 0.1) is 0 Å². The van der Waals surface area contributed by atoms with E-state index in [9.17, 15) is 0 Å². The molecular weight excluding hydrogens is 528 g/mol. The van der Waals surface area contributed by atoms with Gasteiger partial charge in [0.1, 0.15) is 0 Å². The number of fused-ring (bicyclic) bond motifs is 2. The van der Waals surface area contributed by atoms with Gasteiger partial charge in [-0.25, -0.2) is 0 Å². The molecule has 0 amide bonds. The van der Waals surface area contributed by atoms with Crippen LogP contribution >= 0.6 is 0 Å². The van der Waals surface area contributed by atoms with E-state index in [1.165, 1.54) is 60.5 Å². The lowest BCUT2D eigenvalue weighted by Gasteiger charge is -2.09. The molecule has 3 rings (SSSR count). The lowest BCUT2D eigenvalue weighted by Crippen LogP contribution is -1.88. The molecule has 0 fully saturated rings. The predicted molar refractivity (Wildman–Crippen MR) is 199 cm³/mol. The summed E-state index contributed by atoms with van der Waals surface area (Å²) in [6.45, 7) is 17.3. The monoisotopic (exact) mass is 580 g/mol. The lowest BCUT2D eigenvalue weighted by molar-refractivity contribution is 1.03. The molecule has 0 nitrogen and oxygen atoms in total. The topological polar surface area (TPSA) is 0 Å². The fourth-order valence-electron chi connectivity index (χ4n) is 5.76. The summed E-state index contributed by atoms with van der Waals surface area (Å²) < 4.78 is 0. The van der Waals surface area contributed by atoms with Crippen molar-refractivity contribution in [2.24, 2.45) is 0 Å². The Hall–Kier alpha value is -4.16. The Morgan fingerprint density at radius 2 is 0.886 bits per heavy atom. The SMILES string of the molecule is C=C/C=C(CC)\C(=C/c1ccc2cc3ccccc(CC)c(CC)ccccc(CC)c(CC)ccccc3cc2c1)CC. The first-order chi connectivity index (χ1) is 21.5. The van der Waals surface area contributed by atoms with Crippen LogP contribution in [-0.4, -0.2) is 0 Å². The van der Waals surface area contributed by atoms with E-state index in [2.05, 4.69) is 163 Å². The van der Waals surface area contributed by atoms with Gasteiger partial charge in [0.15, 0.2) is 0 Å². The van der Waals surface area contributed by atoms with Gasteiger partial charge in [-0.3, -0.25) is 0 Å². The molecule has 228 valence electrons. The van der Waals surface area contributed by atoms with Gasteiger partial charge in [0, 0.05) is 0 Å². The maximum absolute atomic E-state index is 3.92. The molecule has 3 aromatic rings. The van der Waals surface area contributed by atoms with Crippen molar-refractivity contribution >= 4 is 27.6 Å². The summed E-state index contributed by atoms with van der Waals surface area (Å²) in [6, 6.07) is 38.2. The molecule has 0 N–H and O–H groups in total. The molecule has 0 unspecified atom stereocenters. The molecule has 0 spiro atoms. The third kappa shape index (κ3) is 9.68. The van der Waals surface area contributed by atoms with Crippen molar-refractivity contribution in [2.45, 2.75) is 80.1 Å². The van der Waals surface area contributed by atoms with E-state index in [1.54, 1.807) is 0 Å². The zero-order valence-electron chi connectivity index (χ0n) is 28.0. The molecule has 0 heterocycles. The van der Waals surface area contributed by atoms with E-state index in [4.69, 9.17) is 0 Å². The van der Waals surface area contributed by atoms with Gasteiger partial charge in [-0.1, -0.05) is 151 Å². The van der Waals surface area contributed by atoms with Crippen LogP contribution in [0.4, 0.5) is 0 Å². The van der Waals surface area contributed by atoms with E-state index >= 15 is 0 Å². The third-order valence-electron chi connectivity index (χ3n) is 8.32. The van der Waals surface area contributed by atoms with Crippen LogP contribution in [0.2, 0.25) is 0 Å². The average molecular weight is 581 g/mol. The Morgan fingerprint density at radius 1 is 0.477 bits per heavy atom. The van der Waals surface area contributed by atoms with E-state index in [0.29, 0.717) is 0 Å². The first-order valence-corrected chi connectivity index (χ1v) is 16.6. The highest BCUT2D eigenvalue weighted by Crippen LogP contribution is 2.26. The van der Waals surface area contributed by atoms with Crippen molar-refractivity contribution in [3.05, 3.63) is 161 Å². The number of hydrogen-bond donors (Lipinski definition) is 0. The van der Waals surface area contributed by atoms with Crippen molar-refractivity contribution in [1.82, 2.24) is 0 Å². The van der Waals surface area contributed by atoms with Gasteiger partial charge >= 0.3 is 0 Å². The summed E-state index contributed by atoms with van der Waals surface area (Å²) in [7, 11) is 0. The molecule has 0 bridgehead atoms. The molecule has 0 aliphatic rings. The van der Waals surface area contributed by atoms with Gasteiger partial charge in [0.2, 0.25) is 0 Å². The highest BCUT2D eigenvalue weighted by molar-refractivity contribution is 5.98. The van der Waals surface area contributed by atoms with E-state index < -0.39 is 0 Å². The normalized spacial score (nSPS) is 11.4. The van der Waals surface area contributed by atoms with Gasteiger partial charge in [0.25, 0.3) is 0 Å². The number of aryl methyl sites for hydroxylation is 4. The standard InChI is InChI=1S/C44H52/c1-8-21-35(9-2)40(14-7)30-34-28-29-43-32-41-26-19-17-24-38(12-5)36(10-3)22-15-16-23-37(11-4)39(13-6)25-18-20-27-42(41)33-44(43)31-34/h8,15-33H,1,9-14H2,2-7H3/b16-15?,19-17?,20-18?,22-15?,23-16?,24-17?,25-18?,26-19?,27-20?,35-21-,36-22?,37-23?,38-24?,38-36?,39-25?,39-37?,40-30-,41-26?,42-27?. The van der Waals surface area contributed by atoms with Gasteiger partial charge in [-0.15, -0.1) is 0 Å². The van der Waals surface area contributed by atoms with Crippen LogP contribution in [0.15, 0.2) is 133 Å². The summed E-state index contributed by atoms with van der Waals surface area (Å²) >= 11 is 0. The van der Waals surface area contributed by atoms with Crippen LogP contribution in [0.25, 0.3) is 27.6 Å².